The van der Waals surface area contributed by atoms with Crippen LogP contribution < -0.4 is 10.6 Å². The predicted molar refractivity (Wildman–Crippen MR) is 98.1 cm³/mol. The van der Waals surface area contributed by atoms with Gasteiger partial charge in [0.1, 0.15) is 0 Å². The summed E-state index contributed by atoms with van der Waals surface area (Å²) in [6.45, 7) is 12.0. The average Bonchev–Trinajstić information content (AvgIpc) is 2.80. The van der Waals surface area contributed by atoms with Gasteiger partial charge in [-0.15, -0.1) is 0 Å². The lowest BCUT2D eigenvalue weighted by Gasteiger charge is -2.36. The maximum Gasteiger partial charge on any atom is 0.191 e. The lowest BCUT2D eigenvalue weighted by molar-refractivity contribution is -0.0605. The summed E-state index contributed by atoms with van der Waals surface area (Å²) >= 11 is 0. The molecular weight excluding hydrogens is 326 g/mol. The van der Waals surface area contributed by atoms with Gasteiger partial charge in [0.15, 0.2) is 15.8 Å². The van der Waals surface area contributed by atoms with Crippen LogP contribution in [0.3, 0.4) is 0 Å². The average molecular weight is 358 g/mol. The molecule has 0 amide bonds. The Hall–Kier alpha value is -1.08. The summed E-state index contributed by atoms with van der Waals surface area (Å²) in [6.07, 6.45) is 2.58. The van der Waals surface area contributed by atoms with E-state index in [9.17, 15) is 8.42 Å². The van der Waals surface area contributed by atoms with Gasteiger partial charge in [0.25, 0.3) is 0 Å². The van der Waals surface area contributed by atoms with Crippen molar-refractivity contribution in [1.29, 1.82) is 0 Å². The van der Waals surface area contributed by atoms with Gasteiger partial charge in [0, 0.05) is 19.2 Å². The number of aliphatic imine (C=N–C) groups is 1. The third-order valence-corrected chi connectivity index (χ3v) is 6.27. The first-order valence-electron chi connectivity index (χ1n) is 8.69. The van der Waals surface area contributed by atoms with Crippen molar-refractivity contribution < 1.29 is 13.2 Å². The molecule has 2 atom stereocenters. The van der Waals surface area contributed by atoms with Crippen molar-refractivity contribution >= 4 is 15.8 Å². The van der Waals surface area contributed by atoms with Gasteiger partial charge in [-0.25, -0.2) is 13.4 Å². The molecule has 0 bridgehead atoms. The Bertz CT molecular complexity index is 584. The van der Waals surface area contributed by atoms with Crippen LogP contribution in [0.4, 0.5) is 0 Å². The van der Waals surface area contributed by atoms with Gasteiger partial charge in [-0.1, -0.05) is 12.2 Å². The van der Waals surface area contributed by atoms with Crippen LogP contribution in [-0.4, -0.2) is 57.2 Å². The van der Waals surface area contributed by atoms with E-state index < -0.39 is 9.84 Å². The Morgan fingerprint density at radius 3 is 2.71 bits per heavy atom. The molecule has 0 aromatic rings. The highest BCUT2D eigenvalue weighted by Gasteiger charge is 2.30. The van der Waals surface area contributed by atoms with Crippen LogP contribution in [0.15, 0.2) is 17.1 Å². The van der Waals surface area contributed by atoms with Crippen molar-refractivity contribution in [3.8, 4) is 0 Å². The summed E-state index contributed by atoms with van der Waals surface area (Å²) in [5.41, 5.74) is 0.862. The summed E-state index contributed by atoms with van der Waals surface area (Å²) in [6, 6.07) is 0.303. The van der Waals surface area contributed by atoms with Gasteiger partial charge in [-0.3, -0.25) is 0 Å². The van der Waals surface area contributed by atoms with Crippen LogP contribution in [0.1, 0.15) is 40.0 Å². The molecule has 2 N–H and O–H groups in total. The minimum Gasteiger partial charge on any atom is -0.375 e. The second-order valence-corrected chi connectivity index (χ2v) is 9.94. The molecule has 2 heterocycles. The highest BCUT2D eigenvalue weighted by Crippen LogP contribution is 2.24. The summed E-state index contributed by atoms with van der Waals surface area (Å²) < 4.78 is 28.9. The number of guanidine groups is 1. The van der Waals surface area contributed by atoms with E-state index in [0.717, 1.165) is 37.4 Å². The Kier molecular flexibility index (Phi) is 6.31. The zero-order valence-corrected chi connectivity index (χ0v) is 15.9. The van der Waals surface area contributed by atoms with E-state index in [2.05, 4.69) is 36.1 Å². The van der Waals surface area contributed by atoms with Crippen molar-refractivity contribution in [2.24, 2.45) is 10.9 Å². The third kappa shape index (κ3) is 6.43. The molecule has 138 valence electrons. The molecule has 0 aliphatic carbocycles. The Labute approximate surface area is 146 Å². The van der Waals surface area contributed by atoms with Crippen LogP contribution in [0, 0.1) is 5.92 Å². The van der Waals surface area contributed by atoms with Crippen molar-refractivity contribution in [2.75, 3.05) is 31.2 Å². The number of rotatable bonds is 5. The third-order valence-electron chi connectivity index (χ3n) is 4.43. The first-order chi connectivity index (χ1) is 11.2. The van der Waals surface area contributed by atoms with Crippen molar-refractivity contribution in [2.45, 2.75) is 51.7 Å². The highest BCUT2D eigenvalue weighted by atomic mass is 32.2. The molecule has 0 saturated carbocycles. The Morgan fingerprint density at radius 2 is 2.12 bits per heavy atom. The van der Waals surface area contributed by atoms with Crippen molar-refractivity contribution in [1.82, 2.24) is 10.6 Å². The molecule has 2 aliphatic heterocycles. The van der Waals surface area contributed by atoms with E-state index >= 15 is 0 Å². The normalized spacial score (nSPS) is 29.2. The van der Waals surface area contributed by atoms with E-state index in [1.54, 1.807) is 0 Å². The number of hydrogen-bond acceptors (Lipinski definition) is 4. The molecule has 0 aromatic heterocycles. The maximum atomic E-state index is 11.6. The molecular formula is C17H31N3O3S. The van der Waals surface area contributed by atoms with Crippen LogP contribution in [0.2, 0.25) is 0 Å². The number of hydrogen-bond donors (Lipinski definition) is 2. The zero-order chi connectivity index (χ0) is 17.8. The summed E-state index contributed by atoms with van der Waals surface area (Å²) in [5.74, 6) is 1.49. The molecule has 2 aliphatic rings. The van der Waals surface area contributed by atoms with E-state index in [0.29, 0.717) is 24.9 Å². The number of nitrogens with one attached hydrogen (secondary N) is 2. The van der Waals surface area contributed by atoms with Crippen LogP contribution in [0.25, 0.3) is 0 Å². The summed E-state index contributed by atoms with van der Waals surface area (Å²) in [4.78, 5) is 4.57. The molecule has 24 heavy (non-hydrogen) atoms. The predicted octanol–water partition coefficient (Wildman–Crippen LogP) is 1.49. The van der Waals surface area contributed by atoms with Crippen molar-refractivity contribution in [3.05, 3.63) is 12.2 Å². The van der Waals surface area contributed by atoms with Crippen LogP contribution >= 0.6 is 0 Å². The van der Waals surface area contributed by atoms with Gasteiger partial charge in [0.05, 0.1) is 23.7 Å². The molecule has 2 unspecified atom stereocenters. The molecule has 2 fully saturated rings. The lowest BCUT2D eigenvalue weighted by atomic mass is 9.94. The topological polar surface area (TPSA) is 79.8 Å². The second-order valence-electron chi connectivity index (χ2n) is 7.71. The fourth-order valence-electron chi connectivity index (χ4n) is 3.19. The van der Waals surface area contributed by atoms with Crippen LogP contribution in [0.5, 0.6) is 0 Å². The molecule has 0 aromatic carbocycles. The Morgan fingerprint density at radius 1 is 1.38 bits per heavy atom. The minimum atomic E-state index is -2.84. The summed E-state index contributed by atoms with van der Waals surface area (Å²) in [5, 5.41) is 6.80. The first-order valence-corrected chi connectivity index (χ1v) is 10.5. The van der Waals surface area contributed by atoms with Gasteiger partial charge in [-0.05, 0) is 46.0 Å². The van der Waals surface area contributed by atoms with Gasteiger partial charge in [0.2, 0.25) is 0 Å². The SMILES string of the molecule is C=C(C)CN=C(NCC1CCS(=O)(=O)C1)NC1CCOC(C)(C)C1. The van der Waals surface area contributed by atoms with Crippen LogP contribution in [-0.2, 0) is 14.6 Å². The molecule has 0 spiro atoms. The number of nitrogens with zero attached hydrogens (tertiary/aromatic N) is 1. The van der Waals surface area contributed by atoms with Gasteiger partial charge < -0.3 is 15.4 Å². The second kappa shape index (κ2) is 7.87. The summed E-state index contributed by atoms with van der Waals surface area (Å²) in [7, 11) is -2.84. The van der Waals surface area contributed by atoms with E-state index in [-0.39, 0.29) is 17.3 Å². The number of sulfone groups is 1. The van der Waals surface area contributed by atoms with Crippen molar-refractivity contribution in [3.63, 3.8) is 0 Å². The first kappa shape index (κ1) is 19.2. The van der Waals surface area contributed by atoms with Gasteiger partial charge >= 0.3 is 0 Å². The van der Waals surface area contributed by atoms with E-state index in [4.69, 9.17) is 4.74 Å². The monoisotopic (exact) mass is 357 g/mol. The van der Waals surface area contributed by atoms with E-state index in [1.165, 1.54) is 0 Å². The Balaban J connectivity index is 1.92. The minimum absolute atomic E-state index is 0.130. The highest BCUT2D eigenvalue weighted by molar-refractivity contribution is 7.91. The molecule has 2 rings (SSSR count). The fourth-order valence-corrected chi connectivity index (χ4v) is 5.05. The quantitative estimate of drug-likeness (QED) is 0.443. The largest absolute Gasteiger partial charge is 0.375 e. The standard InChI is InChI=1S/C17H31N3O3S/c1-13(2)10-18-16(19-11-14-6-8-24(21,22)12-14)20-15-5-7-23-17(3,4)9-15/h14-15H,1,5-12H2,2-4H3,(H2,18,19,20). The maximum absolute atomic E-state index is 11.6. The molecule has 0 radical (unpaired) electrons. The van der Waals surface area contributed by atoms with Gasteiger partial charge in [-0.2, -0.15) is 0 Å². The van der Waals surface area contributed by atoms with E-state index in [1.807, 2.05) is 6.92 Å². The zero-order valence-electron chi connectivity index (χ0n) is 15.1. The lowest BCUT2D eigenvalue weighted by Crippen LogP contribution is -2.50. The molecule has 7 heteroatoms. The molecule has 6 nitrogen and oxygen atoms in total. The smallest absolute Gasteiger partial charge is 0.191 e. The molecule has 2 saturated heterocycles. The fraction of sp³-hybridized carbons (Fsp3) is 0.824. The number of ether oxygens (including phenoxy) is 1.